The molecular weight excluding hydrogens is 440 g/mol. The molecule has 4 heterocycles. The lowest BCUT2D eigenvalue weighted by Gasteiger charge is -2.33. The number of hydrogen-bond donors (Lipinski definition) is 1. The smallest absolute Gasteiger partial charge is 0.254 e. The van der Waals surface area contributed by atoms with E-state index in [0.717, 1.165) is 54.9 Å². The van der Waals surface area contributed by atoms with Gasteiger partial charge in [0.1, 0.15) is 5.60 Å². The van der Waals surface area contributed by atoms with E-state index < -0.39 is 5.60 Å². The van der Waals surface area contributed by atoms with Gasteiger partial charge in [-0.05, 0) is 56.1 Å². The van der Waals surface area contributed by atoms with Gasteiger partial charge in [0, 0.05) is 61.2 Å². The molecule has 7 nitrogen and oxygen atoms in total. The summed E-state index contributed by atoms with van der Waals surface area (Å²) in [6.45, 7) is 9.58. The molecule has 1 unspecified atom stereocenters. The van der Waals surface area contributed by atoms with Crippen molar-refractivity contribution in [2.45, 2.75) is 51.8 Å². The van der Waals surface area contributed by atoms with E-state index >= 15 is 0 Å². The van der Waals surface area contributed by atoms with Gasteiger partial charge in [-0.25, -0.2) is 4.98 Å². The summed E-state index contributed by atoms with van der Waals surface area (Å²) in [5.74, 6) is -0.203. The van der Waals surface area contributed by atoms with Crippen molar-refractivity contribution in [2.75, 3.05) is 33.2 Å². The number of carbonyl (C=O) groups is 1. The minimum Gasteiger partial charge on any atom is -0.377 e. The lowest BCUT2D eigenvalue weighted by molar-refractivity contribution is -0.140. The highest BCUT2D eigenvalue weighted by molar-refractivity contribution is 5.91. The fourth-order valence-electron chi connectivity index (χ4n) is 6.04. The van der Waals surface area contributed by atoms with Crippen molar-refractivity contribution in [3.05, 3.63) is 62.4 Å². The van der Waals surface area contributed by atoms with E-state index in [1.165, 1.54) is 11.1 Å². The third kappa shape index (κ3) is 3.40. The Morgan fingerprint density at radius 3 is 2.60 bits per heavy atom. The summed E-state index contributed by atoms with van der Waals surface area (Å²) in [4.78, 5) is 36.0. The summed E-state index contributed by atoms with van der Waals surface area (Å²) in [5.41, 5.74) is 5.33. The van der Waals surface area contributed by atoms with Gasteiger partial charge in [-0.15, -0.1) is 0 Å². The zero-order valence-electron chi connectivity index (χ0n) is 20.7. The van der Waals surface area contributed by atoms with Crippen LogP contribution in [0.15, 0.2) is 29.1 Å². The van der Waals surface area contributed by atoms with Gasteiger partial charge in [-0.2, -0.15) is 0 Å². The van der Waals surface area contributed by atoms with Gasteiger partial charge in [0.05, 0.1) is 23.4 Å². The summed E-state index contributed by atoms with van der Waals surface area (Å²) in [6.07, 6.45) is 0.848. The van der Waals surface area contributed by atoms with Crippen molar-refractivity contribution in [2.24, 2.45) is 0 Å². The first-order valence-electron chi connectivity index (χ1n) is 12.7. The second-order valence-corrected chi connectivity index (χ2v) is 10.5. The zero-order valence-corrected chi connectivity index (χ0v) is 20.7. The topological polar surface area (TPSA) is 78.7 Å². The lowest BCUT2D eigenvalue weighted by Crippen LogP contribution is -2.44. The quantitative estimate of drug-likeness (QED) is 0.494. The summed E-state index contributed by atoms with van der Waals surface area (Å²) in [6, 6.07) is 8.25. The van der Waals surface area contributed by atoms with Crippen LogP contribution in [0.4, 0.5) is 0 Å². The average Bonchev–Trinajstić information content (AvgIpc) is 3.21. The minimum absolute atomic E-state index is 0.104. The summed E-state index contributed by atoms with van der Waals surface area (Å²) in [7, 11) is 2.17. The number of hydrogen-bond acceptors (Lipinski definition) is 6. The molecule has 0 spiro atoms. The second-order valence-electron chi connectivity index (χ2n) is 10.5. The molecule has 1 N–H and O–H groups in total. The number of Topliss-reactive ketones (excluding diaryl/α,β-unsaturated/α-hetero) is 1. The maximum Gasteiger partial charge on any atom is 0.254 e. The highest BCUT2D eigenvalue weighted by Crippen LogP contribution is 2.39. The van der Waals surface area contributed by atoms with Crippen LogP contribution in [0.1, 0.15) is 47.6 Å². The normalized spacial score (nSPS) is 22.3. The number of carbonyl (C=O) groups excluding carboxylic acids is 1. The van der Waals surface area contributed by atoms with Gasteiger partial charge >= 0.3 is 0 Å². The van der Waals surface area contributed by atoms with Crippen LogP contribution < -0.4 is 5.56 Å². The fraction of sp³-hybridized carbons (Fsp3) is 0.464. The Balaban J connectivity index is 1.47. The number of fused-ring (bicyclic) bond motifs is 5. The number of likely N-dealkylation sites (N-methyl/N-ethyl adjacent to an activating group) is 1. The molecule has 1 aliphatic carbocycles. The third-order valence-electron chi connectivity index (χ3n) is 8.39. The Hall–Kier alpha value is -2.87. The second kappa shape index (κ2) is 8.08. The summed E-state index contributed by atoms with van der Waals surface area (Å²) >= 11 is 0. The van der Waals surface area contributed by atoms with Gasteiger partial charge in [-0.1, -0.05) is 13.0 Å². The van der Waals surface area contributed by atoms with Crippen LogP contribution in [0.3, 0.4) is 0 Å². The maximum atomic E-state index is 13.5. The van der Waals surface area contributed by atoms with E-state index in [0.29, 0.717) is 29.8 Å². The highest BCUT2D eigenvalue weighted by Gasteiger charge is 2.43. The van der Waals surface area contributed by atoms with E-state index in [4.69, 9.17) is 4.98 Å². The summed E-state index contributed by atoms with van der Waals surface area (Å²) < 4.78 is 1.77. The number of rotatable bonds is 3. The first kappa shape index (κ1) is 22.6. The molecular formula is C28H32N4O3. The monoisotopic (exact) mass is 472 g/mol. The molecule has 3 aromatic rings. The van der Waals surface area contributed by atoms with Gasteiger partial charge in [0.2, 0.25) is 0 Å². The number of pyridine rings is 2. The van der Waals surface area contributed by atoms with Crippen molar-refractivity contribution >= 4 is 16.7 Å². The predicted molar refractivity (Wildman–Crippen MR) is 136 cm³/mol. The van der Waals surface area contributed by atoms with Crippen LogP contribution in [0.5, 0.6) is 0 Å². The van der Waals surface area contributed by atoms with Gasteiger partial charge in [0.15, 0.2) is 5.78 Å². The molecule has 1 fully saturated rings. The largest absolute Gasteiger partial charge is 0.377 e. The van der Waals surface area contributed by atoms with Crippen LogP contribution in [0.2, 0.25) is 0 Å². The van der Waals surface area contributed by atoms with E-state index in [1.807, 2.05) is 6.07 Å². The number of nitrogens with zero attached hydrogens (tertiary/aromatic N) is 4. The van der Waals surface area contributed by atoms with Crippen molar-refractivity contribution in [1.82, 2.24) is 19.4 Å². The Labute approximate surface area is 205 Å². The van der Waals surface area contributed by atoms with Crippen LogP contribution in [-0.4, -0.2) is 63.5 Å². The minimum atomic E-state index is -1.59. The molecule has 0 bridgehead atoms. The first-order valence-corrected chi connectivity index (χ1v) is 12.7. The van der Waals surface area contributed by atoms with Crippen LogP contribution >= 0.6 is 0 Å². The molecule has 35 heavy (non-hydrogen) atoms. The van der Waals surface area contributed by atoms with Gasteiger partial charge < -0.3 is 14.6 Å². The van der Waals surface area contributed by atoms with Crippen molar-refractivity contribution in [3.63, 3.8) is 0 Å². The van der Waals surface area contributed by atoms with E-state index in [2.05, 4.69) is 42.0 Å². The molecule has 182 valence electrons. The van der Waals surface area contributed by atoms with Crippen LogP contribution in [0, 0.1) is 6.92 Å². The zero-order chi connectivity index (χ0) is 24.5. The Morgan fingerprint density at radius 1 is 1.09 bits per heavy atom. The molecule has 2 aromatic heterocycles. The molecule has 1 atom stereocenters. The third-order valence-corrected chi connectivity index (χ3v) is 8.39. The van der Waals surface area contributed by atoms with Crippen molar-refractivity contribution < 1.29 is 9.90 Å². The van der Waals surface area contributed by atoms with Gasteiger partial charge in [0.25, 0.3) is 5.56 Å². The Bertz CT molecular complexity index is 1430. The molecule has 2 aliphatic heterocycles. The molecule has 6 rings (SSSR count). The lowest BCUT2D eigenvalue weighted by atomic mass is 9.77. The molecule has 0 saturated carbocycles. The molecule has 1 aromatic carbocycles. The Morgan fingerprint density at radius 2 is 1.86 bits per heavy atom. The number of piperazine rings is 1. The fourth-order valence-corrected chi connectivity index (χ4v) is 6.04. The molecule has 0 radical (unpaired) electrons. The molecule has 3 aliphatic rings. The number of aryl methyl sites for hydroxylation is 1. The van der Waals surface area contributed by atoms with Crippen LogP contribution in [-0.2, 0) is 29.9 Å². The molecule has 0 amide bonds. The van der Waals surface area contributed by atoms with E-state index in [9.17, 15) is 14.7 Å². The van der Waals surface area contributed by atoms with E-state index in [-0.39, 0.29) is 24.2 Å². The number of benzene rings is 1. The Kier molecular flexibility index (Phi) is 5.22. The number of aromatic nitrogens is 2. The van der Waals surface area contributed by atoms with E-state index in [1.54, 1.807) is 11.5 Å². The number of aliphatic hydroxyl groups is 1. The highest BCUT2D eigenvalue weighted by atomic mass is 16.3. The number of ketones is 1. The SMILES string of the molecule is CCC1(O)C(=O)CCc2c1cc1n(c2=O)Cc2cc3c(CN4CCN(C)CC4)c(C)ccc3nc2-1. The standard InChI is InChI=1S/C28H32N4O3/c1-4-28(35)22-14-24-26-18(15-32(24)27(34)19(22)6-8-25(28)33)13-20-21(17(2)5-7-23(20)29-26)16-31-11-9-30(3)10-12-31/h5,7,13-14,35H,4,6,8-12,15-16H2,1-3H3. The van der Waals surface area contributed by atoms with Crippen LogP contribution in [0.25, 0.3) is 22.3 Å². The molecule has 1 saturated heterocycles. The summed E-state index contributed by atoms with van der Waals surface area (Å²) in [5, 5.41) is 12.3. The average molecular weight is 473 g/mol. The first-order chi connectivity index (χ1) is 16.8. The predicted octanol–water partition coefficient (Wildman–Crippen LogP) is 2.59. The van der Waals surface area contributed by atoms with Crippen molar-refractivity contribution in [3.8, 4) is 11.4 Å². The van der Waals surface area contributed by atoms with Crippen molar-refractivity contribution in [1.29, 1.82) is 0 Å². The maximum absolute atomic E-state index is 13.5. The van der Waals surface area contributed by atoms with Gasteiger partial charge in [-0.3, -0.25) is 14.5 Å². The molecule has 7 heteroatoms.